The summed E-state index contributed by atoms with van der Waals surface area (Å²) in [6.07, 6.45) is 11.3. The number of fused-ring (bicyclic) bond motifs is 1. The Morgan fingerprint density at radius 1 is 0.923 bits per heavy atom. The van der Waals surface area contributed by atoms with Gasteiger partial charge in [-0.15, -0.1) is 0 Å². The molecule has 0 aromatic carbocycles. The molecule has 3 aliphatic heterocycles. The van der Waals surface area contributed by atoms with Crippen LogP contribution in [0.1, 0.15) is 69.5 Å². The molecule has 0 spiro atoms. The average molecular weight is 359 g/mol. The van der Waals surface area contributed by atoms with Crippen molar-refractivity contribution < 1.29 is 4.74 Å². The number of rotatable bonds is 5. The Bertz CT molecular complexity index is 615. The van der Waals surface area contributed by atoms with E-state index in [4.69, 9.17) is 14.7 Å². The molecule has 1 aromatic heterocycles. The molecule has 26 heavy (non-hydrogen) atoms. The van der Waals surface area contributed by atoms with E-state index in [2.05, 4.69) is 23.6 Å². The van der Waals surface area contributed by atoms with Crippen molar-refractivity contribution in [3.8, 4) is 6.01 Å². The summed E-state index contributed by atoms with van der Waals surface area (Å²) in [4.78, 5) is 14.7. The smallest absolute Gasteiger partial charge is 0.318 e. The number of aryl methyl sites for hydroxylation is 1. The van der Waals surface area contributed by atoms with Gasteiger partial charge in [0.1, 0.15) is 12.4 Å². The van der Waals surface area contributed by atoms with Gasteiger partial charge in [0.2, 0.25) is 0 Å². The topological polar surface area (TPSA) is 41.5 Å². The lowest BCUT2D eigenvalue weighted by Crippen LogP contribution is -2.43. The van der Waals surface area contributed by atoms with E-state index in [-0.39, 0.29) is 5.54 Å². The Hall–Kier alpha value is -1.36. The monoisotopic (exact) mass is 358 g/mol. The molecule has 3 fully saturated rings. The van der Waals surface area contributed by atoms with Crippen molar-refractivity contribution in [2.24, 2.45) is 0 Å². The van der Waals surface area contributed by atoms with Crippen molar-refractivity contribution in [1.29, 1.82) is 0 Å². The number of nitrogens with zero attached hydrogens (tertiary/aromatic N) is 4. The van der Waals surface area contributed by atoms with E-state index in [0.29, 0.717) is 6.01 Å². The van der Waals surface area contributed by atoms with Gasteiger partial charge in [-0.1, -0.05) is 19.8 Å². The lowest BCUT2D eigenvalue weighted by Gasteiger charge is -2.31. The zero-order valence-electron chi connectivity index (χ0n) is 16.6. The molecule has 5 nitrogen and oxygen atoms in total. The van der Waals surface area contributed by atoms with Crippen LogP contribution in [0.4, 0.5) is 5.82 Å². The number of anilines is 1. The molecule has 1 aromatic rings. The van der Waals surface area contributed by atoms with Crippen molar-refractivity contribution in [2.75, 3.05) is 37.7 Å². The summed E-state index contributed by atoms with van der Waals surface area (Å²) in [6.45, 7) is 9.76. The molecule has 0 aliphatic carbocycles. The predicted molar refractivity (Wildman–Crippen MR) is 105 cm³/mol. The second-order valence-electron chi connectivity index (χ2n) is 8.36. The molecule has 0 N–H and O–H groups in total. The van der Waals surface area contributed by atoms with E-state index in [0.717, 1.165) is 37.6 Å². The number of hydrogen-bond donors (Lipinski definition) is 0. The molecule has 0 unspecified atom stereocenters. The van der Waals surface area contributed by atoms with Gasteiger partial charge in [-0.3, -0.25) is 4.90 Å². The van der Waals surface area contributed by atoms with Crippen LogP contribution >= 0.6 is 0 Å². The largest absolute Gasteiger partial charge is 0.461 e. The standard InChI is InChI=1S/C21H34N4O/c1-3-18-17(2)22-20(23-19(18)24-12-6-4-5-7-13-24)26-16-21-10-8-14-25(21)15-9-11-21/h3-16H2,1-2H3. The highest BCUT2D eigenvalue weighted by Crippen LogP contribution is 2.39. The van der Waals surface area contributed by atoms with Crippen molar-refractivity contribution in [3.05, 3.63) is 11.3 Å². The molecule has 3 saturated heterocycles. The number of aromatic nitrogens is 2. The Labute approximate surface area is 158 Å². The first kappa shape index (κ1) is 18.0. The second-order valence-corrected chi connectivity index (χ2v) is 8.36. The minimum absolute atomic E-state index is 0.253. The lowest BCUT2D eigenvalue weighted by molar-refractivity contribution is 0.107. The summed E-state index contributed by atoms with van der Waals surface area (Å²) in [6, 6.07) is 0.590. The van der Waals surface area contributed by atoms with Gasteiger partial charge in [-0.05, 0) is 65.0 Å². The molecule has 0 saturated carbocycles. The normalized spacial score (nSPS) is 23.1. The third-order valence-corrected chi connectivity index (χ3v) is 6.71. The van der Waals surface area contributed by atoms with Crippen molar-refractivity contribution in [1.82, 2.24) is 14.9 Å². The quantitative estimate of drug-likeness (QED) is 0.802. The van der Waals surface area contributed by atoms with Gasteiger partial charge >= 0.3 is 6.01 Å². The zero-order chi connectivity index (χ0) is 18.0. The van der Waals surface area contributed by atoms with Crippen molar-refractivity contribution in [2.45, 2.75) is 77.2 Å². The third-order valence-electron chi connectivity index (χ3n) is 6.71. The molecule has 4 rings (SSSR count). The minimum Gasteiger partial charge on any atom is -0.461 e. The Morgan fingerprint density at radius 3 is 2.27 bits per heavy atom. The fourth-order valence-corrected chi connectivity index (χ4v) is 5.24. The molecule has 3 aliphatic rings. The maximum absolute atomic E-state index is 6.25. The van der Waals surface area contributed by atoms with Crippen LogP contribution < -0.4 is 9.64 Å². The summed E-state index contributed by atoms with van der Waals surface area (Å²) in [5, 5.41) is 0. The van der Waals surface area contributed by atoms with Crippen LogP contribution in [0.3, 0.4) is 0 Å². The van der Waals surface area contributed by atoms with Crippen LogP contribution in [-0.4, -0.2) is 53.2 Å². The van der Waals surface area contributed by atoms with Gasteiger partial charge in [0.15, 0.2) is 0 Å². The Balaban J connectivity index is 1.54. The second kappa shape index (κ2) is 7.71. The average Bonchev–Trinajstić information content (AvgIpc) is 3.09. The first-order valence-electron chi connectivity index (χ1n) is 10.7. The first-order chi connectivity index (χ1) is 12.7. The van der Waals surface area contributed by atoms with Crippen molar-refractivity contribution >= 4 is 5.82 Å². The van der Waals surface area contributed by atoms with E-state index in [1.165, 1.54) is 70.0 Å². The molecule has 0 atom stereocenters. The maximum Gasteiger partial charge on any atom is 0.318 e. The molecule has 0 amide bonds. The predicted octanol–water partition coefficient (Wildman–Crippen LogP) is 3.74. The summed E-state index contributed by atoms with van der Waals surface area (Å²) < 4.78 is 6.25. The van der Waals surface area contributed by atoms with Gasteiger partial charge < -0.3 is 9.64 Å². The van der Waals surface area contributed by atoms with Gasteiger partial charge in [0.05, 0.1) is 5.54 Å². The molecule has 4 heterocycles. The summed E-state index contributed by atoms with van der Waals surface area (Å²) >= 11 is 0. The van der Waals surface area contributed by atoms with E-state index in [9.17, 15) is 0 Å². The lowest BCUT2D eigenvalue weighted by atomic mass is 9.95. The van der Waals surface area contributed by atoms with Crippen LogP contribution in [0.5, 0.6) is 6.01 Å². The SMILES string of the molecule is CCc1c(C)nc(OCC23CCCN2CCC3)nc1N1CCCCCC1. The highest BCUT2D eigenvalue weighted by Gasteiger charge is 2.45. The highest BCUT2D eigenvalue weighted by atomic mass is 16.5. The van der Waals surface area contributed by atoms with Crippen LogP contribution in [-0.2, 0) is 6.42 Å². The summed E-state index contributed by atoms with van der Waals surface area (Å²) in [5.41, 5.74) is 2.63. The maximum atomic E-state index is 6.25. The molecular formula is C21H34N4O. The van der Waals surface area contributed by atoms with Crippen LogP contribution in [0, 0.1) is 6.92 Å². The zero-order valence-corrected chi connectivity index (χ0v) is 16.6. The number of ether oxygens (including phenoxy) is 1. The molecule has 0 radical (unpaired) electrons. The van der Waals surface area contributed by atoms with Crippen LogP contribution in [0.2, 0.25) is 0 Å². The molecule has 144 valence electrons. The highest BCUT2D eigenvalue weighted by molar-refractivity contribution is 5.50. The van der Waals surface area contributed by atoms with Gasteiger partial charge in [0.25, 0.3) is 0 Å². The summed E-state index contributed by atoms with van der Waals surface area (Å²) in [5.74, 6) is 1.13. The fourth-order valence-electron chi connectivity index (χ4n) is 5.24. The van der Waals surface area contributed by atoms with Crippen LogP contribution in [0.25, 0.3) is 0 Å². The molecule has 5 heteroatoms. The van der Waals surface area contributed by atoms with E-state index >= 15 is 0 Å². The Morgan fingerprint density at radius 2 is 1.62 bits per heavy atom. The van der Waals surface area contributed by atoms with E-state index in [1.807, 2.05) is 0 Å². The van der Waals surface area contributed by atoms with E-state index < -0.39 is 0 Å². The Kier molecular flexibility index (Phi) is 5.35. The number of hydrogen-bond acceptors (Lipinski definition) is 5. The molecular weight excluding hydrogens is 324 g/mol. The fraction of sp³-hybridized carbons (Fsp3) is 0.810. The van der Waals surface area contributed by atoms with Gasteiger partial charge in [-0.25, -0.2) is 4.98 Å². The third kappa shape index (κ3) is 3.42. The van der Waals surface area contributed by atoms with Crippen LogP contribution in [0.15, 0.2) is 0 Å². The minimum atomic E-state index is 0.253. The summed E-state index contributed by atoms with van der Waals surface area (Å²) in [7, 11) is 0. The molecule has 0 bridgehead atoms. The van der Waals surface area contributed by atoms with E-state index in [1.54, 1.807) is 0 Å². The van der Waals surface area contributed by atoms with Gasteiger partial charge in [-0.2, -0.15) is 4.98 Å². The van der Waals surface area contributed by atoms with Gasteiger partial charge in [0, 0.05) is 24.3 Å². The van der Waals surface area contributed by atoms with Crippen molar-refractivity contribution in [3.63, 3.8) is 0 Å². The first-order valence-corrected chi connectivity index (χ1v) is 10.7.